The normalized spacial score (nSPS) is 13.9. The monoisotopic (exact) mass is 297 g/mol. The number of benzene rings is 2. The van der Waals surface area contributed by atoms with Crippen LogP contribution in [0, 0.1) is 11.3 Å². The average molecular weight is 298 g/mol. The molecule has 1 aliphatic rings. The van der Waals surface area contributed by atoms with Gasteiger partial charge in [0.2, 0.25) is 0 Å². The molecule has 0 amide bonds. The number of Topliss-reactive ketones (excluding diaryl/α,β-unsaturated/α-hetero) is 1. The highest BCUT2D eigenvalue weighted by atomic mass is 35.5. The lowest BCUT2D eigenvalue weighted by Crippen LogP contribution is -2.11. The molecule has 4 heteroatoms. The Labute approximate surface area is 127 Å². The Bertz CT molecular complexity index is 749. The van der Waals surface area contributed by atoms with Gasteiger partial charge in [0.15, 0.2) is 5.78 Å². The van der Waals surface area contributed by atoms with Crippen LogP contribution in [0.25, 0.3) is 0 Å². The molecule has 0 saturated carbocycles. The molecule has 0 N–H and O–H groups in total. The van der Waals surface area contributed by atoms with Crippen LogP contribution in [0.3, 0.4) is 0 Å². The minimum Gasteiger partial charge on any atom is -0.493 e. The SMILES string of the molecule is N#CC(C(=O)c1ccc2c(c1)CCO2)c1cccc(Cl)c1. The molecule has 0 bridgehead atoms. The lowest BCUT2D eigenvalue weighted by Gasteiger charge is -2.10. The molecule has 0 radical (unpaired) electrons. The quantitative estimate of drug-likeness (QED) is 0.810. The number of hydrogen-bond donors (Lipinski definition) is 0. The average Bonchev–Trinajstić information content (AvgIpc) is 2.95. The van der Waals surface area contributed by atoms with Gasteiger partial charge in [0.25, 0.3) is 0 Å². The predicted octanol–water partition coefficient (Wildman–Crippen LogP) is 3.76. The van der Waals surface area contributed by atoms with Gasteiger partial charge in [0.1, 0.15) is 11.7 Å². The van der Waals surface area contributed by atoms with E-state index in [0.717, 1.165) is 17.7 Å². The second-order valence-electron chi connectivity index (χ2n) is 4.90. The van der Waals surface area contributed by atoms with Crippen LogP contribution in [0.2, 0.25) is 5.02 Å². The van der Waals surface area contributed by atoms with Crippen molar-refractivity contribution in [1.29, 1.82) is 5.26 Å². The van der Waals surface area contributed by atoms with Crippen LogP contribution < -0.4 is 4.74 Å². The van der Waals surface area contributed by atoms with E-state index < -0.39 is 5.92 Å². The summed E-state index contributed by atoms with van der Waals surface area (Å²) >= 11 is 5.94. The topological polar surface area (TPSA) is 50.1 Å². The summed E-state index contributed by atoms with van der Waals surface area (Å²) in [6.07, 6.45) is 0.796. The summed E-state index contributed by atoms with van der Waals surface area (Å²) in [6, 6.07) is 14.3. The third-order valence-corrected chi connectivity index (χ3v) is 3.78. The fourth-order valence-corrected chi connectivity index (χ4v) is 2.68. The van der Waals surface area contributed by atoms with Gasteiger partial charge in [0.05, 0.1) is 12.7 Å². The van der Waals surface area contributed by atoms with Gasteiger partial charge in [-0.25, -0.2) is 0 Å². The van der Waals surface area contributed by atoms with Crippen molar-refractivity contribution in [3.63, 3.8) is 0 Å². The van der Waals surface area contributed by atoms with E-state index in [9.17, 15) is 10.1 Å². The maximum absolute atomic E-state index is 12.6. The Balaban J connectivity index is 1.95. The molecule has 1 heterocycles. The molecule has 3 rings (SSSR count). The minimum atomic E-state index is -0.843. The minimum absolute atomic E-state index is 0.213. The summed E-state index contributed by atoms with van der Waals surface area (Å²) in [6.45, 7) is 0.642. The number of ether oxygens (including phenoxy) is 1. The standard InChI is InChI=1S/C17H12ClNO2/c18-14-3-1-2-11(9-14)15(10-19)17(20)13-4-5-16-12(8-13)6-7-21-16/h1-5,8-9,15H,6-7H2. The maximum atomic E-state index is 12.6. The van der Waals surface area contributed by atoms with E-state index in [2.05, 4.69) is 6.07 Å². The molecule has 0 aromatic heterocycles. The van der Waals surface area contributed by atoms with E-state index in [1.54, 1.807) is 36.4 Å². The van der Waals surface area contributed by atoms with Crippen molar-refractivity contribution in [2.75, 3.05) is 6.61 Å². The van der Waals surface area contributed by atoms with Gasteiger partial charge >= 0.3 is 0 Å². The van der Waals surface area contributed by atoms with E-state index in [1.807, 2.05) is 6.07 Å². The van der Waals surface area contributed by atoms with Crippen LogP contribution in [-0.2, 0) is 6.42 Å². The number of nitriles is 1. The van der Waals surface area contributed by atoms with Gasteiger partial charge in [-0.05, 0) is 41.5 Å². The predicted molar refractivity (Wildman–Crippen MR) is 79.8 cm³/mol. The lowest BCUT2D eigenvalue weighted by molar-refractivity contribution is 0.0979. The molecule has 1 unspecified atom stereocenters. The molecule has 0 fully saturated rings. The summed E-state index contributed by atoms with van der Waals surface area (Å²) in [5.74, 6) is -0.235. The number of rotatable bonds is 3. The fourth-order valence-electron chi connectivity index (χ4n) is 2.48. The first-order valence-corrected chi connectivity index (χ1v) is 7.02. The summed E-state index contributed by atoms with van der Waals surface area (Å²) in [7, 11) is 0. The third kappa shape index (κ3) is 2.63. The first kappa shape index (κ1) is 13.7. The number of fused-ring (bicyclic) bond motifs is 1. The first-order chi connectivity index (χ1) is 10.2. The number of nitrogens with zero attached hydrogens (tertiary/aromatic N) is 1. The van der Waals surface area contributed by atoms with Crippen LogP contribution >= 0.6 is 11.6 Å². The van der Waals surface area contributed by atoms with Gasteiger partial charge in [-0.1, -0.05) is 23.7 Å². The Hall–Kier alpha value is -2.31. The van der Waals surface area contributed by atoms with Crippen molar-refractivity contribution in [2.24, 2.45) is 0 Å². The molecule has 1 aliphatic heterocycles. The highest BCUT2D eigenvalue weighted by molar-refractivity contribution is 6.30. The van der Waals surface area contributed by atoms with E-state index in [4.69, 9.17) is 16.3 Å². The zero-order valence-corrected chi connectivity index (χ0v) is 11.9. The Kier molecular flexibility index (Phi) is 3.64. The van der Waals surface area contributed by atoms with Gasteiger partial charge in [-0.15, -0.1) is 0 Å². The van der Waals surface area contributed by atoms with Crippen molar-refractivity contribution in [1.82, 2.24) is 0 Å². The van der Waals surface area contributed by atoms with Crippen molar-refractivity contribution in [3.8, 4) is 11.8 Å². The molecule has 2 aromatic carbocycles. The fraction of sp³-hybridized carbons (Fsp3) is 0.176. The van der Waals surface area contributed by atoms with E-state index in [0.29, 0.717) is 22.8 Å². The summed E-state index contributed by atoms with van der Waals surface area (Å²) in [5.41, 5.74) is 2.17. The van der Waals surface area contributed by atoms with E-state index in [1.165, 1.54) is 0 Å². The zero-order chi connectivity index (χ0) is 14.8. The Morgan fingerprint density at radius 3 is 2.90 bits per heavy atom. The second-order valence-corrected chi connectivity index (χ2v) is 5.34. The largest absolute Gasteiger partial charge is 0.493 e. The number of carbonyl (C=O) groups is 1. The van der Waals surface area contributed by atoms with Gasteiger partial charge in [0, 0.05) is 17.0 Å². The molecule has 104 valence electrons. The smallest absolute Gasteiger partial charge is 0.184 e. The molecule has 0 spiro atoms. The van der Waals surface area contributed by atoms with Crippen molar-refractivity contribution in [3.05, 3.63) is 64.2 Å². The Morgan fingerprint density at radius 1 is 1.29 bits per heavy atom. The van der Waals surface area contributed by atoms with Gasteiger partial charge < -0.3 is 4.74 Å². The molecule has 1 atom stereocenters. The maximum Gasteiger partial charge on any atom is 0.184 e. The summed E-state index contributed by atoms with van der Waals surface area (Å²) < 4.78 is 5.43. The van der Waals surface area contributed by atoms with Crippen LogP contribution in [0.5, 0.6) is 5.75 Å². The molecular weight excluding hydrogens is 286 g/mol. The number of halogens is 1. The lowest BCUT2D eigenvalue weighted by atomic mass is 9.91. The molecule has 0 saturated heterocycles. The zero-order valence-electron chi connectivity index (χ0n) is 11.2. The molecule has 3 nitrogen and oxygen atoms in total. The first-order valence-electron chi connectivity index (χ1n) is 6.64. The van der Waals surface area contributed by atoms with Gasteiger partial charge in [-0.2, -0.15) is 5.26 Å². The molecular formula is C17H12ClNO2. The number of carbonyl (C=O) groups excluding carboxylic acids is 1. The van der Waals surface area contributed by atoms with Gasteiger partial charge in [-0.3, -0.25) is 4.79 Å². The highest BCUT2D eigenvalue weighted by Crippen LogP contribution is 2.29. The summed E-state index contributed by atoms with van der Waals surface area (Å²) in [4.78, 5) is 12.6. The Morgan fingerprint density at radius 2 is 2.14 bits per heavy atom. The second kappa shape index (κ2) is 5.59. The summed E-state index contributed by atoms with van der Waals surface area (Å²) in [5, 5.41) is 9.87. The van der Waals surface area contributed by atoms with E-state index in [-0.39, 0.29) is 5.78 Å². The number of ketones is 1. The third-order valence-electron chi connectivity index (χ3n) is 3.55. The van der Waals surface area contributed by atoms with Crippen molar-refractivity contribution >= 4 is 17.4 Å². The van der Waals surface area contributed by atoms with Crippen LogP contribution in [0.15, 0.2) is 42.5 Å². The van der Waals surface area contributed by atoms with Crippen LogP contribution in [-0.4, -0.2) is 12.4 Å². The van der Waals surface area contributed by atoms with Crippen molar-refractivity contribution in [2.45, 2.75) is 12.3 Å². The van der Waals surface area contributed by atoms with Crippen LogP contribution in [0.4, 0.5) is 0 Å². The van der Waals surface area contributed by atoms with Crippen molar-refractivity contribution < 1.29 is 9.53 Å². The van der Waals surface area contributed by atoms with E-state index >= 15 is 0 Å². The molecule has 0 aliphatic carbocycles. The van der Waals surface area contributed by atoms with Crippen LogP contribution in [0.1, 0.15) is 27.4 Å². The molecule has 2 aromatic rings. The highest BCUT2D eigenvalue weighted by Gasteiger charge is 2.23. The molecule has 21 heavy (non-hydrogen) atoms. The number of hydrogen-bond acceptors (Lipinski definition) is 3.